The Balaban J connectivity index is 1.16. The van der Waals surface area contributed by atoms with E-state index in [2.05, 4.69) is 36.1 Å². The molecule has 6 heteroatoms. The summed E-state index contributed by atoms with van der Waals surface area (Å²) in [6.45, 7) is 9.10. The Morgan fingerprint density at radius 3 is 2.48 bits per heavy atom. The first-order valence-electron chi connectivity index (χ1n) is 10.4. The molecule has 0 unspecified atom stereocenters. The predicted molar refractivity (Wildman–Crippen MR) is 105 cm³/mol. The van der Waals surface area contributed by atoms with E-state index in [4.69, 9.17) is 0 Å². The van der Waals surface area contributed by atoms with Crippen LogP contribution in [0.3, 0.4) is 0 Å². The number of aryl methyl sites for hydroxylation is 1. The van der Waals surface area contributed by atoms with Crippen LogP contribution in [0.4, 0.5) is 10.5 Å². The highest BCUT2D eigenvalue weighted by Crippen LogP contribution is 2.27. The molecular weight excluding hydrogens is 340 g/mol. The van der Waals surface area contributed by atoms with Crippen LogP contribution in [-0.4, -0.2) is 73.6 Å². The van der Waals surface area contributed by atoms with Crippen LogP contribution in [0.25, 0.3) is 0 Å². The number of nitrogens with zero attached hydrogens (tertiary/aromatic N) is 3. The van der Waals surface area contributed by atoms with Gasteiger partial charge < -0.3 is 14.7 Å². The Kier molecular flexibility index (Phi) is 5.34. The van der Waals surface area contributed by atoms with E-state index in [1.54, 1.807) is 9.80 Å². The van der Waals surface area contributed by atoms with E-state index in [0.717, 1.165) is 65.0 Å². The minimum Gasteiger partial charge on any atom is -0.360 e. The molecule has 1 N–H and O–H groups in total. The third-order valence-electron chi connectivity index (χ3n) is 6.31. The van der Waals surface area contributed by atoms with E-state index >= 15 is 0 Å². The Morgan fingerprint density at radius 2 is 1.78 bits per heavy atom. The summed E-state index contributed by atoms with van der Waals surface area (Å²) in [6, 6.07) is 8.59. The number of amides is 3. The van der Waals surface area contributed by atoms with E-state index < -0.39 is 0 Å². The van der Waals surface area contributed by atoms with Gasteiger partial charge in [0.15, 0.2) is 0 Å². The molecule has 3 fully saturated rings. The molecule has 3 amide bonds. The second-order valence-corrected chi connectivity index (χ2v) is 8.15. The largest absolute Gasteiger partial charge is 0.360 e. The normalized spacial score (nSPS) is 23.4. The summed E-state index contributed by atoms with van der Waals surface area (Å²) in [5.74, 6) is 0.0385. The summed E-state index contributed by atoms with van der Waals surface area (Å²) in [6.07, 6.45) is 3.80. The molecule has 0 saturated carbocycles. The van der Waals surface area contributed by atoms with E-state index in [0.29, 0.717) is 6.54 Å². The first-order valence-corrected chi connectivity index (χ1v) is 10.4. The van der Waals surface area contributed by atoms with Gasteiger partial charge in [-0.3, -0.25) is 9.69 Å². The number of carbonyl (C=O) groups excluding carboxylic acids is 2. The maximum atomic E-state index is 12.3. The molecule has 0 aliphatic carbocycles. The van der Waals surface area contributed by atoms with Crippen LogP contribution in [0.15, 0.2) is 24.3 Å². The van der Waals surface area contributed by atoms with Gasteiger partial charge in [-0.25, -0.2) is 4.79 Å². The number of unbranched alkanes of at least 4 members (excludes halogenated alkanes) is 1. The zero-order valence-corrected chi connectivity index (χ0v) is 16.3. The first kappa shape index (κ1) is 18.3. The molecular formula is C21H31N4O2+. The van der Waals surface area contributed by atoms with Crippen molar-refractivity contribution in [3.8, 4) is 0 Å². The zero-order chi connectivity index (χ0) is 18.8. The molecule has 1 aromatic rings. The van der Waals surface area contributed by atoms with E-state index in [1.807, 2.05) is 0 Å². The third-order valence-corrected chi connectivity index (χ3v) is 6.31. The summed E-state index contributed by atoms with van der Waals surface area (Å²) in [5, 5.41) is 0. The number of anilines is 1. The number of urea groups is 1. The molecule has 6 nitrogen and oxygen atoms in total. The van der Waals surface area contributed by atoms with E-state index in [-0.39, 0.29) is 18.0 Å². The van der Waals surface area contributed by atoms with Crippen LogP contribution in [0.2, 0.25) is 0 Å². The highest BCUT2D eigenvalue weighted by molar-refractivity contribution is 6.04. The van der Waals surface area contributed by atoms with Gasteiger partial charge in [0.2, 0.25) is 0 Å². The molecule has 3 aliphatic heterocycles. The minimum atomic E-state index is -0.155. The second kappa shape index (κ2) is 7.89. The number of fused-ring (bicyclic) bond motifs is 1. The van der Waals surface area contributed by atoms with Gasteiger partial charge in [-0.05, 0) is 44.7 Å². The fourth-order valence-electron chi connectivity index (χ4n) is 4.62. The van der Waals surface area contributed by atoms with Crippen LogP contribution in [0.1, 0.15) is 31.2 Å². The van der Waals surface area contributed by atoms with Crippen molar-refractivity contribution in [3.63, 3.8) is 0 Å². The molecule has 3 heterocycles. The van der Waals surface area contributed by atoms with Gasteiger partial charge in [-0.1, -0.05) is 17.7 Å². The number of benzene rings is 1. The average Bonchev–Trinajstić information content (AvgIpc) is 3.25. The minimum absolute atomic E-state index is 0.0385. The second-order valence-electron chi connectivity index (χ2n) is 8.15. The van der Waals surface area contributed by atoms with Gasteiger partial charge in [-0.2, -0.15) is 0 Å². The average molecular weight is 372 g/mol. The Bertz CT molecular complexity index is 660. The summed E-state index contributed by atoms with van der Waals surface area (Å²) >= 11 is 0. The number of piperazine rings is 1. The standard InChI is InChI=1S/C21H30N4O2/c1-17-6-8-18(9-7-17)23-15-13-22(14-16-23)10-2-3-11-25-20(26)19-5-4-12-24(19)21(25)27/h6-9,19H,2-5,10-16H2,1H3/p+1/t19-/m0/s1. The molecule has 0 spiro atoms. The number of hydrogen-bond acceptors (Lipinski definition) is 3. The highest BCUT2D eigenvalue weighted by Gasteiger charge is 2.46. The van der Waals surface area contributed by atoms with Gasteiger partial charge in [-0.15, -0.1) is 0 Å². The van der Waals surface area contributed by atoms with Crippen LogP contribution in [0, 0.1) is 6.92 Å². The van der Waals surface area contributed by atoms with E-state index in [9.17, 15) is 9.59 Å². The molecule has 27 heavy (non-hydrogen) atoms. The summed E-state index contributed by atoms with van der Waals surface area (Å²) in [5.41, 5.74) is 2.63. The predicted octanol–water partition coefficient (Wildman–Crippen LogP) is 0.907. The Hall–Kier alpha value is -2.08. The third kappa shape index (κ3) is 3.81. The molecule has 1 aromatic carbocycles. The molecule has 3 saturated heterocycles. The van der Waals surface area contributed by atoms with Gasteiger partial charge in [0.1, 0.15) is 6.04 Å². The quantitative estimate of drug-likeness (QED) is 0.597. The monoisotopic (exact) mass is 371 g/mol. The van der Waals surface area contributed by atoms with Crippen molar-refractivity contribution < 1.29 is 14.5 Å². The zero-order valence-electron chi connectivity index (χ0n) is 16.3. The first-order chi connectivity index (χ1) is 13.1. The van der Waals surface area contributed by atoms with Crippen molar-refractivity contribution in [1.29, 1.82) is 0 Å². The molecule has 0 aromatic heterocycles. The van der Waals surface area contributed by atoms with Crippen molar-refractivity contribution in [2.24, 2.45) is 0 Å². The van der Waals surface area contributed by atoms with Crippen LogP contribution >= 0.6 is 0 Å². The fourth-order valence-corrected chi connectivity index (χ4v) is 4.62. The topological polar surface area (TPSA) is 48.3 Å². The number of carbonyl (C=O) groups is 2. The Morgan fingerprint density at radius 1 is 1.04 bits per heavy atom. The number of rotatable bonds is 6. The lowest BCUT2D eigenvalue weighted by Gasteiger charge is -2.33. The molecule has 3 aliphatic rings. The maximum absolute atomic E-state index is 12.3. The van der Waals surface area contributed by atoms with Crippen LogP contribution < -0.4 is 9.80 Å². The highest BCUT2D eigenvalue weighted by atomic mass is 16.2. The van der Waals surface area contributed by atoms with Crippen molar-refractivity contribution in [3.05, 3.63) is 29.8 Å². The van der Waals surface area contributed by atoms with Crippen molar-refractivity contribution in [2.75, 3.05) is 50.7 Å². The van der Waals surface area contributed by atoms with Crippen molar-refractivity contribution >= 4 is 17.6 Å². The van der Waals surface area contributed by atoms with Crippen molar-refractivity contribution in [1.82, 2.24) is 9.80 Å². The number of hydrogen-bond donors (Lipinski definition) is 1. The van der Waals surface area contributed by atoms with Crippen molar-refractivity contribution in [2.45, 2.75) is 38.6 Å². The van der Waals surface area contributed by atoms with E-state index in [1.165, 1.54) is 16.2 Å². The lowest BCUT2D eigenvalue weighted by Crippen LogP contribution is -3.14. The fraction of sp³-hybridized carbons (Fsp3) is 0.619. The van der Waals surface area contributed by atoms with Gasteiger partial charge in [0.25, 0.3) is 5.91 Å². The summed E-state index contributed by atoms with van der Waals surface area (Å²) in [4.78, 5) is 32.0. The van der Waals surface area contributed by atoms with Gasteiger partial charge >= 0.3 is 6.03 Å². The maximum Gasteiger partial charge on any atom is 0.327 e. The number of nitrogens with one attached hydrogen (secondary N) is 1. The number of quaternary nitrogens is 1. The van der Waals surface area contributed by atoms with Crippen LogP contribution in [-0.2, 0) is 4.79 Å². The molecule has 0 bridgehead atoms. The van der Waals surface area contributed by atoms with Crippen LogP contribution in [0.5, 0.6) is 0 Å². The molecule has 1 atom stereocenters. The molecule has 146 valence electrons. The van der Waals surface area contributed by atoms with Gasteiger partial charge in [0.05, 0.1) is 32.7 Å². The lowest BCUT2D eigenvalue weighted by molar-refractivity contribution is -0.900. The SMILES string of the molecule is Cc1ccc(N2CC[NH+](CCCCN3C(=O)[C@@H]4CCCN4C3=O)CC2)cc1. The van der Waals surface area contributed by atoms with Gasteiger partial charge in [0, 0.05) is 18.8 Å². The molecule has 0 radical (unpaired) electrons. The lowest BCUT2D eigenvalue weighted by atomic mass is 10.2. The summed E-state index contributed by atoms with van der Waals surface area (Å²) in [7, 11) is 0. The number of imide groups is 1. The Labute approximate surface area is 161 Å². The smallest absolute Gasteiger partial charge is 0.327 e. The molecule has 4 rings (SSSR count). The summed E-state index contributed by atoms with van der Waals surface area (Å²) < 4.78 is 0.